The third-order valence-electron chi connectivity index (χ3n) is 2.26. The standard InChI is InChI=1S/C13H24O6Si/c1-5-8-11(14)17-20(4,18-12(15)9-6-2)19-13(16)10-7-3/h5-10H2,1-4H3. The predicted molar refractivity (Wildman–Crippen MR) is 74.6 cm³/mol. The lowest BCUT2D eigenvalue weighted by Crippen LogP contribution is -2.47. The first-order chi connectivity index (χ1) is 9.36. The summed E-state index contributed by atoms with van der Waals surface area (Å²) in [6, 6.07) is 0. The van der Waals surface area contributed by atoms with E-state index in [-0.39, 0.29) is 19.3 Å². The molecule has 0 radical (unpaired) electrons. The molecule has 0 bridgehead atoms. The van der Waals surface area contributed by atoms with Crippen LogP contribution in [0.2, 0.25) is 6.55 Å². The molecule has 0 unspecified atom stereocenters. The zero-order chi connectivity index (χ0) is 15.6. The van der Waals surface area contributed by atoms with Crippen LogP contribution in [0.15, 0.2) is 0 Å². The van der Waals surface area contributed by atoms with E-state index in [0.29, 0.717) is 19.3 Å². The molecule has 116 valence electrons. The summed E-state index contributed by atoms with van der Waals surface area (Å²) in [5, 5.41) is 0. The molecule has 7 heteroatoms. The van der Waals surface area contributed by atoms with Gasteiger partial charge in [0, 0.05) is 25.8 Å². The fraction of sp³-hybridized carbons (Fsp3) is 0.769. The summed E-state index contributed by atoms with van der Waals surface area (Å²) in [6.07, 6.45) is 2.40. The smallest absolute Gasteiger partial charge is 0.455 e. The minimum Gasteiger partial charge on any atom is -0.455 e. The van der Waals surface area contributed by atoms with Gasteiger partial charge < -0.3 is 13.3 Å². The summed E-state index contributed by atoms with van der Waals surface area (Å²) in [5.41, 5.74) is 0. The molecule has 0 saturated carbocycles. The highest BCUT2D eigenvalue weighted by molar-refractivity contribution is 6.64. The monoisotopic (exact) mass is 304 g/mol. The number of hydrogen-bond acceptors (Lipinski definition) is 6. The number of carbonyl (C=O) groups excluding carboxylic acids is 3. The van der Waals surface area contributed by atoms with E-state index in [1.807, 2.05) is 20.8 Å². The summed E-state index contributed by atoms with van der Waals surface area (Å²) in [6.45, 7) is 6.87. The van der Waals surface area contributed by atoms with Crippen molar-refractivity contribution in [1.82, 2.24) is 0 Å². The van der Waals surface area contributed by atoms with Gasteiger partial charge >= 0.3 is 8.80 Å². The van der Waals surface area contributed by atoms with Gasteiger partial charge in [-0.1, -0.05) is 20.8 Å². The maximum atomic E-state index is 11.6. The lowest BCUT2D eigenvalue weighted by Gasteiger charge is -2.24. The van der Waals surface area contributed by atoms with Crippen LogP contribution in [0.1, 0.15) is 59.3 Å². The second-order valence-corrected chi connectivity index (χ2v) is 6.87. The largest absolute Gasteiger partial charge is 0.701 e. The van der Waals surface area contributed by atoms with E-state index in [9.17, 15) is 14.4 Å². The molecule has 0 spiro atoms. The average Bonchev–Trinajstić information content (AvgIpc) is 2.28. The Balaban J connectivity index is 4.77. The molecule has 0 aromatic rings. The van der Waals surface area contributed by atoms with Crippen LogP contribution in [-0.2, 0) is 27.7 Å². The van der Waals surface area contributed by atoms with Crippen molar-refractivity contribution >= 4 is 26.7 Å². The Morgan fingerprint density at radius 2 is 0.950 bits per heavy atom. The van der Waals surface area contributed by atoms with Gasteiger partial charge in [-0.25, -0.2) is 0 Å². The zero-order valence-corrected chi connectivity index (χ0v) is 13.7. The van der Waals surface area contributed by atoms with E-state index in [1.165, 1.54) is 6.55 Å². The SMILES string of the molecule is CCCC(=O)O[Si](C)(OC(=O)CCC)OC(=O)CCC. The molecule has 0 rings (SSSR count). The Hall–Kier alpha value is -1.37. The minimum absolute atomic E-state index is 0.194. The second kappa shape index (κ2) is 9.52. The fourth-order valence-electron chi connectivity index (χ4n) is 1.45. The van der Waals surface area contributed by atoms with Crippen LogP contribution in [0.3, 0.4) is 0 Å². The van der Waals surface area contributed by atoms with Crippen molar-refractivity contribution in [3.05, 3.63) is 0 Å². The first-order valence-corrected chi connectivity index (χ1v) is 9.24. The molecular formula is C13H24O6Si. The van der Waals surface area contributed by atoms with E-state index in [4.69, 9.17) is 13.3 Å². The molecule has 0 aromatic carbocycles. The van der Waals surface area contributed by atoms with Gasteiger partial charge in [-0.3, -0.25) is 14.4 Å². The maximum Gasteiger partial charge on any atom is 0.701 e. The molecule has 0 atom stereocenters. The van der Waals surface area contributed by atoms with E-state index in [2.05, 4.69) is 0 Å². The molecular weight excluding hydrogens is 280 g/mol. The van der Waals surface area contributed by atoms with Crippen molar-refractivity contribution < 1.29 is 27.7 Å². The Bertz CT molecular complexity index is 291. The maximum absolute atomic E-state index is 11.6. The topological polar surface area (TPSA) is 78.9 Å². The van der Waals surface area contributed by atoms with Crippen molar-refractivity contribution in [3.63, 3.8) is 0 Å². The summed E-state index contributed by atoms with van der Waals surface area (Å²) < 4.78 is 15.4. The molecule has 20 heavy (non-hydrogen) atoms. The molecule has 0 heterocycles. The zero-order valence-electron chi connectivity index (χ0n) is 12.7. The van der Waals surface area contributed by atoms with Gasteiger partial charge in [-0.05, 0) is 19.3 Å². The van der Waals surface area contributed by atoms with Gasteiger partial charge in [0.1, 0.15) is 0 Å². The van der Waals surface area contributed by atoms with Crippen molar-refractivity contribution in [2.75, 3.05) is 0 Å². The second-order valence-electron chi connectivity index (χ2n) is 4.53. The molecule has 0 aliphatic rings. The summed E-state index contributed by atoms with van der Waals surface area (Å²) in [5.74, 6) is -1.55. The van der Waals surface area contributed by atoms with Gasteiger partial charge in [0.05, 0.1) is 0 Å². The van der Waals surface area contributed by atoms with Crippen molar-refractivity contribution in [2.45, 2.75) is 65.8 Å². The van der Waals surface area contributed by atoms with Crippen LogP contribution in [0.4, 0.5) is 0 Å². The molecule has 0 amide bonds. The Labute approximate surface area is 121 Å². The average molecular weight is 304 g/mol. The van der Waals surface area contributed by atoms with Crippen LogP contribution < -0.4 is 0 Å². The highest BCUT2D eigenvalue weighted by atomic mass is 28.4. The van der Waals surface area contributed by atoms with E-state index in [0.717, 1.165) is 0 Å². The van der Waals surface area contributed by atoms with Crippen LogP contribution in [0, 0.1) is 0 Å². The van der Waals surface area contributed by atoms with E-state index >= 15 is 0 Å². The molecule has 6 nitrogen and oxygen atoms in total. The van der Waals surface area contributed by atoms with Crippen molar-refractivity contribution in [2.24, 2.45) is 0 Å². The van der Waals surface area contributed by atoms with Gasteiger partial charge in [0.2, 0.25) is 0 Å². The molecule has 0 aliphatic carbocycles. The molecule has 0 aliphatic heterocycles. The van der Waals surface area contributed by atoms with E-state index < -0.39 is 26.7 Å². The van der Waals surface area contributed by atoms with Crippen molar-refractivity contribution in [3.8, 4) is 0 Å². The Kier molecular flexibility index (Phi) is 8.86. The lowest BCUT2D eigenvalue weighted by atomic mass is 10.3. The van der Waals surface area contributed by atoms with Crippen LogP contribution in [0.25, 0.3) is 0 Å². The number of rotatable bonds is 9. The first kappa shape index (κ1) is 18.6. The van der Waals surface area contributed by atoms with Crippen LogP contribution >= 0.6 is 0 Å². The number of carbonyl (C=O) groups is 3. The van der Waals surface area contributed by atoms with Crippen LogP contribution in [0.5, 0.6) is 0 Å². The summed E-state index contributed by atoms with van der Waals surface area (Å²) in [7, 11) is -3.60. The highest BCUT2D eigenvalue weighted by Crippen LogP contribution is 2.14. The molecule has 0 saturated heterocycles. The third-order valence-corrected chi connectivity index (χ3v) is 4.06. The predicted octanol–water partition coefficient (Wildman–Crippen LogP) is 2.59. The van der Waals surface area contributed by atoms with Crippen LogP contribution in [-0.4, -0.2) is 26.7 Å². The molecule has 0 fully saturated rings. The third kappa shape index (κ3) is 7.93. The highest BCUT2D eigenvalue weighted by Gasteiger charge is 2.47. The van der Waals surface area contributed by atoms with E-state index in [1.54, 1.807) is 0 Å². The quantitative estimate of drug-likeness (QED) is 0.609. The Morgan fingerprint density at radius 1 is 0.700 bits per heavy atom. The first-order valence-electron chi connectivity index (χ1n) is 7.02. The van der Waals surface area contributed by atoms with Gasteiger partial charge in [-0.15, -0.1) is 0 Å². The van der Waals surface area contributed by atoms with Crippen molar-refractivity contribution in [1.29, 1.82) is 0 Å². The molecule has 0 N–H and O–H groups in total. The van der Waals surface area contributed by atoms with Gasteiger partial charge in [0.25, 0.3) is 17.9 Å². The fourth-order valence-corrected chi connectivity index (χ4v) is 3.12. The Morgan fingerprint density at radius 3 is 1.15 bits per heavy atom. The normalized spacial score (nSPS) is 10.8. The lowest BCUT2D eigenvalue weighted by molar-refractivity contribution is -0.150. The summed E-state index contributed by atoms with van der Waals surface area (Å²) in [4.78, 5) is 34.7. The molecule has 0 aromatic heterocycles. The minimum atomic E-state index is -3.60. The number of hydrogen-bond donors (Lipinski definition) is 0. The van der Waals surface area contributed by atoms with Gasteiger partial charge in [-0.2, -0.15) is 0 Å². The summed E-state index contributed by atoms with van der Waals surface area (Å²) >= 11 is 0. The van der Waals surface area contributed by atoms with Gasteiger partial charge in [0.15, 0.2) is 0 Å².